The summed E-state index contributed by atoms with van der Waals surface area (Å²) in [7, 11) is 1.34. The molecule has 2 aliphatic rings. The number of aliphatic carboxylic acids is 1. The van der Waals surface area contributed by atoms with E-state index in [4.69, 9.17) is 0 Å². The van der Waals surface area contributed by atoms with Gasteiger partial charge in [0.05, 0.1) is 24.3 Å². The van der Waals surface area contributed by atoms with Gasteiger partial charge in [-0.05, 0) is 11.4 Å². The number of nitrogens with one attached hydrogen (secondary N) is 1. The van der Waals surface area contributed by atoms with Crippen LogP contribution in [0.4, 0.5) is 0 Å². The Balaban J connectivity index is 0.00000243. The van der Waals surface area contributed by atoms with Crippen LogP contribution in [0.25, 0.3) is 0 Å². The molecule has 1 saturated heterocycles. The molecule has 3 rings (SSSR count). The Labute approximate surface area is 179 Å². The van der Waals surface area contributed by atoms with Crippen LogP contribution >= 0.6 is 23.1 Å². The van der Waals surface area contributed by atoms with Gasteiger partial charge in [0, 0.05) is 16.2 Å². The topological polar surface area (TPSA) is 111 Å². The molecule has 1 aromatic rings. The second kappa shape index (κ2) is 9.05. The predicted octanol–water partition coefficient (Wildman–Crippen LogP) is -3.67. The van der Waals surface area contributed by atoms with Gasteiger partial charge < -0.3 is 20.1 Å². The number of thiophene rings is 1. The Morgan fingerprint density at radius 3 is 2.92 bits per heavy atom. The van der Waals surface area contributed by atoms with Crippen molar-refractivity contribution >= 4 is 47.1 Å². The third kappa shape index (κ3) is 4.15. The fourth-order valence-electron chi connectivity index (χ4n) is 2.64. The molecule has 0 unspecified atom stereocenters. The second-order valence-corrected chi connectivity index (χ2v) is 7.43. The Kier molecular flexibility index (Phi) is 7.30. The molecule has 2 atom stereocenters. The molecule has 0 radical (unpaired) electrons. The summed E-state index contributed by atoms with van der Waals surface area (Å²) in [6.07, 6.45) is 1.44. The third-order valence-electron chi connectivity index (χ3n) is 3.74. The van der Waals surface area contributed by atoms with E-state index in [2.05, 4.69) is 15.3 Å². The summed E-state index contributed by atoms with van der Waals surface area (Å²) in [5.41, 5.74) is 0.109. The molecule has 0 saturated carbocycles. The Hall–Kier alpha value is -1.33. The van der Waals surface area contributed by atoms with Crippen LogP contribution in [0.5, 0.6) is 0 Å². The maximum absolute atomic E-state index is 12.4. The molecule has 1 N–H and O–H groups in total. The number of amides is 2. The Morgan fingerprint density at radius 2 is 2.31 bits per heavy atom. The van der Waals surface area contributed by atoms with E-state index < -0.39 is 23.3 Å². The van der Waals surface area contributed by atoms with Crippen LogP contribution in [0.3, 0.4) is 0 Å². The van der Waals surface area contributed by atoms with Crippen LogP contribution in [0.2, 0.25) is 0 Å². The van der Waals surface area contributed by atoms with E-state index in [1.807, 2.05) is 17.5 Å². The van der Waals surface area contributed by atoms with Crippen LogP contribution in [0.1, 0.15) is 4.88 Å². The predicted molar refractivity (Wildman–Crippen MR) is 90.6 cm³/mol. The number of carbonyl (C=O) groups excluding carboxylic acids is 3. The number of thioether (sulfide) groups is 1. The number of β-lactam (4-membered cyclic amide) rings is 1. The SMILES string of the molecule is CON=CC1=C(C(=O)[O-])N2C(=O)[C@@H](NC(=O)Cc3cccs3)[C@@H]2SC1.[Na+]. The molecule has 2 aliphatic heterocycles. The molecule has 132 valence electrons. The molecule has 8 nitrogen and oxygen atoms in total. The van der Waals surface area contributed by atoms with Crippen LogP contribution in [-0.2, 0) is 25.6 Å². The summed E-state index contributed by atoms with van der Waals surface area (Å²) in [6.45, 7) is 0. The van der Waals surface area contributed by atoms with Gasteiger partial charge in [-0.25, -0.2) is 0 Å². The number of rotatable bonds is 6. The zero-order valence-electron chi connectivity index (χ0n) is 14.1. The molecule has 11 heteroatoms. The van der Waals surface area contributed by atoms with Gasteiger partial charge in [-0.2, -0.15) is 0 Å². The quantitative estimate of drug-likeness (QED) is 0.227. The minimum absolute atomic E-state index is 0. The number of carboxylic acid groups (broad SMARTS) is 1. The van der Waals surface area contributed by atoms with Gasteiger partial charge in [-0.15, -0.1) is 23.1 Å². The first-order chi connectivity index (χ1) is 12.0. The molecular formula is C15H14N3NaO5S2. The number of fused-ring (bicyclic) bond motifs is 1. The Morgan fingerprint density at radius 1 is 1.54 bits per heavy atom. The molecular weight excluding hydrogens is 389 g/mol. The zero-order valence-corrected chi connectivity index (χ0v) is 17.8. The largest absolute Gasteiger partial charge is 1.00 e. The standard InChI is InChI=1S/C15H15N3O5S2.Na/c1-23-16-6-8-7-25-14-11(13(20)18(14)12(8)15(21)22)17-10(19)5-9-3-2-4-24-9;/h2-4,6,11,14H,5,7H2,1H3,(H,17,19)(H,21,22);/q;+1/p-1/t11-,14+;/m1./s1. The fraction of sp³-hybridized carbons (Fsp3) is 0.333. The van der Waals surface area contributed by atoms with E-state index in [0.717, 1.165) is 9.78 Å². The van der Waals surface area contributed by atoms with Crippen molar-refractivity contribution in [2.24, 2.45) is 5.16 Å². The van der Waals surface area contributed by atoms with Crippen LogP contribution in [0.15, 0.2) is 33.9 Å². The van der Waals surface area contributed by atoms with Gasteiger partial charge in [-0.1, -0.05) is 11.2 Å². The van der Waals surface area contributed by atoms with E-state index >= 15 is 0 Å². The molecule has 0 spiro atoms. The molecule has 0 bridgehead atoms. The number of carbonyl (C=O) groups is 3. The molecule has 0 aliphatic carbocycles. The first kappa shape index (κ1) is 21.0. The monoisotopic (exact) mass is 403 g/mol. The smallest absolute Gasteiger partial charge is 0.543 e. The first-order valence-corrected chi connectivity index (χ1v) is 9.23. The summed E-state index contributed by atoms with van der Waals surface area (Å²) < 4.78 is 0. The van der Waals surface area contributed by atoms with E-state index in [9.17, 15) is 19.5 Å². The van der Waals surface area contributed by atoms with Crippen LogP contribution in [-0.4, -0.2) is 53.2 Å². The molecule has 26 heavy (non-hydrogen) atoms. The normalized spacial score (nSPS) is 21.7. The molecule has 3 heterocycles. The van der Waals surface area contributed by atoms with Crippen molar-refractivity contribution in [1.82, 2.24) is 10.2 Å². The minimum Gasteiger partial charge on any atom is -0.543 e. The number of hydrogen-bond donors (Lipinski definition) is 1. The number of nitrogens with zero attached hydrogens (tertiary/aromatic N) is 2. The van der Waals surface area contributed by atoms with Gasteiger partial charge in [0.25, 0.3) is 5.91 Å². The number of hydrogen-bond acceptors (Lipinski definition) is 8. The van der Waals surface area contributed by atoms with Crippen LogP contribution < -0.4 is 40.0 Å². The fourth-order valence-corrected chi connectivity index (χ4v) is 4.64. The molecule has 1 aromatic heterocycles. The maximum atomic E-state index is 12.4. The molecule has 2 amide bonds. The van der Waals surface area contributed by atoms with Crippen molar-refractivity contribution in [3.8, 4) is 0 Å². The van der Waals surface area contributed by atoms with Crippen molar-refractivity contribution in [3.63, 3.8) is 0 Å². The Bertz CT molecular complexity index is 765. The average Bonchev–Trinajstić information content (AvgIpc) is 3.09. The zero-order chi connectivity index (χ0) is 18.0. The summed E-state index contributed by atoms with van der Waals surface area (Å²) in [5.74, 6) is -1.88. The van der Waals surface area contributed by atoms with Gasteiger partial charge in [0.2, 0.25) is 5.91 Å². The average molecular weight is 403 g/mol. The molecule has 0 aromatic carbocycles. The summed E-state index contributed by atoms with van der Waals surface area (Å²) in [5, 5.41) is 19.1. The van der Waals surface area contributed by atoms with E-state index in [0.29, 0.717) is 11.3 Å². The van der Waals surface area contributed by atoms with Gasteiger partial charge in [-0.3, -0.25) is 14.5 Å². The van der Waals surface area contributed by atoms with Crippen LogP contribution in [0, 0.1) is 0 Å². The summed E-state index contributed by atoms with van der Waals surface area (Å²) in [4.78, 5) is 42.5. The number of oxime groups is 1. The van der Waals surface area contributed by atoms with E-state index in [1.54, 1.807) is 0 Å². The van der Waals surface area contributed by atoms with Crippen molar-refractivity contribution < 1.29 is 53.9 Å². The van der Waals surface area contributed by atoms with Gasteiger partial charge in [0.1, 0.15) is 18.5 Å². The summed E-state index contributed by atoms with van der Waals surface area (Å²) >= 11 is 2.81. The third-order valence-corrected chi connectivity index (χ3v) is 5.92. The summed E-state index contributed by atoms with van der Waals surface area (Å²) in [6, 6.07) is 2.95. The van der Waals surface area contributed by atoms with Crippen molar-refractivity contribution in [2.75, 3.05) is 12.9 Å². The first-order valence-electron chi connectivity index (χ1n) is 7.30. The molecule has 1 fully saturated rings. The van der Waals surface area contributed by atoms with Crippen molar-refractivity contribution in [3.05, 3.63) is 33.7 Å². The number of carboxylic acids is 1. The van der Waals surface area contributed by atoms with E-state index in [-0.39, 0.29) is 47.6 Å². The van der Waals surface area contributed by atoms with Gasteiger partial charge in [0.15, 0.2) is 0 Å². The van der Waals surface area contributed by atoms with Gasteiger partial charge >= 0.3 is 29.6 Å². The van der Waals surface area contributed by atoms with Crippen molar-refractivity contribution in [2.45, 2.75) is 17.8 Å². The maximum Gasteiger partial charge on any atom is 1.00 e. The van der Waals surface area contributed by atoms with Crippen molar-refractivity contribution in [1.29, 1.82) is 0 Å². The minimum atomic E-state index is -1.46. The second-order valence-electron chi connectivity index (χ2n) is 5.29. The van der Waals surface area contributed by atoms with E-state index in [1.165, 1.54) is 36.4 Å².